The summed E-state index contributed by atoms with van der Waals surface area (Å²) >= 11 is 0. The van der Waals surface area contributed by atoms with Crippen molar-refractivity contribution in [2.45, 2.75) is 19.1 Å². The zero-order valence-corrected chi connectivity index (χ0v) is 14.8. The molecule has 1 saturated heterocycles. The molecule has 1 aliphatic rings. The number of hydrogen-bond acceptors (Lipinski definition) is 6. The summed E-state index contributed by atoms with van der Waals surface area (Å²) in [4.78, 5) is 36.6. The number of benzene rings is 1. The fraction of sp³-hybridized carbons (Fsp3) is 0.438. The van der Waals surface area contributed by atoms with E-state index in [4.69, 9.17) is 9.84 Å². The maximum atomic E-state index is 12.5. The molecule has 0 saturated carbocycles. The van der Waals surface area contributed by atoms with Crippen molar-refractivity contribution in [3.05, 3.63) is 35.9 Å². The second-order valence-corrected chi connectivity index (χ2v) is 8.14. The summed E-state index contributed by atoms with van der Waals surface area (Å²) in [5, 5.41) is 11.2. The molecule has 1 aromatic carbocycles. The molecule has 0 aliphatic carbocycles. The van der Waals surface area contributed by atoms with Crippen LogP contribution < -0.4 is 5.32 Å². The molecule has 1 aliphatic heterocycles. The van der Waals surface area contributed by atoms with E-state index in [2.05, 4.69) is 5.32 Å². The Kier molecular flexibility index (Phi) is 6.56. The first-order chi connectivity index (χ1) is 12.3. The standard InChI is InChI=1S/C16H20N2O7S/c19-14(20)10-13(15(21)18-6-8-26(23,24)9-7-18)17-16(22)25-11-12-4-2-1-3-5-12/h1-5,13H,6-11H2,(H,17,22)(H,19,20). The first kappa shape index (κ1) is 19.7. The van der Waals surface area contributed by atoms with Crippen LogP contribution in [0.1, 0.15) is 12.0 Å². The van der Waals surface area contributed by atoms with Crippen molar-refractivity contribution < 1.29 is 32.6 Å². The molecule has 10 heteroatoms. The number of sulfone groups is 1. The normalized spacial score (nSPS) is 17.2. The van der Waals surface area contributed by atoms with Crippen LogP contribution in [0.5, 0.6) is 0 Å². The lowest BCUT2D eigenvalue weighted by Gasteiger charge is -2.30. The molecule has 1 fully saturated rings. The van der Waals surface area contributed by atoms with Crippen LogP contribution in [0.15, 0.2) is 30.3 Å². The summed E-state index contributed by atoms with van der Waals surface area (Å²) in [6.07, 6.45) is -1.54. The average Bonchev–Trinajstić information content (AvgIpc) is 2.59. The molecular formula is C16H20N2O7S. The molecule has 1 heterocycles. The topological polar surface area (TPSA) is 130 Å². The highest BCUT2D eigenvalue weighted by molar-refractivity contribution is 7.91. The number of aliphatic carboxylic acids is 1. The van der Waals surface area contributed by atoms with Gasteiger partial charge in [0.05, 0.1) is 17.9 Å². The Morgan fingerprint density at radius 1 is 1.15 bits per heavy atom. The molecular weight excluding hydrogens is 364 g/mol. The first-order valence-electron chi connectivity index (χ1n) is 7.95. The minimum atomic E-state index is -3.18. The lowest BCUT2D eigenvalue weighted by molar-refractivity contribution is -0.142. The van der Waals surface area contributed by atoms with E-state index in [1.165, 1.54) is 4.90 Å². The second kappa shape index (κ2) is 8.65. The monoisotopic (exact) mass is 384 g/mol. The van der Waals surface area contributed by atoms with E-state index < -0.39 is 40.3 Å². The number of nitrogens with one attached hydrogen (secondary N) is 1. The molecule has 0 aromatic heterocycles. The molecule has 0 bridgehead atoms. The molecule has 0 radical (unpaired) electrons. The zero-order chi connectivity index (χ0) is 19.2. The number of alkyl carbamates (subject to hydrolysis) is 1. The number of amides is 2. The highest BCUT2D eigenvalue weighted by atomic mass is 32.2. The fourth-order valence-corrected chi connectivity index (χ4v) is 3.64. The SMILES string of the molecule is O=C(O)CC(NC(=O)OCc1ccccc1)C(=O)N1CCS(=O)(=O)CC1. The predicted octanol–water partition coefficient (Wildman–Crippen LogP) is 0.0131. The predicted molar refractivity (Wildman–Crippen MR) is 91.0 cm³/mol. The number of nitrogens with zero attached hydrogens (tertiary/aromatic N) is 1. The van der Waals surface area contributed by atoms with E-state index >= 15 is 0 Å². The number of carboxylic acid groups (broad SMARTS) is 1. The van der Waals surface area contributed by atoms with Gasteiger partial charge in [0.25, 0.3) is 0 Å². The summed E-state index contributed by atoms with van der Waals surface area (Å²) in [5.74, 6) is -2.27. The number of ether oxygens (including phenoxy) is 1. The van der Waals surface area contributed by atoms with E-state index in [0.29, 0.717) is 0 Å². The van der Waals surface area contributed by atoms with E-state index in [1.54, 1.807) is 24.3 Å². The summed E-state index contributed by atoms with van der Waals surface area (Å²) in [5.41, 5.74) is 0.741. The third kappa shape index (κ3) is 6.03. The van der Waals surface area contributed by atoms with Gasteiger partial charge in [0.15, 0.2) is 9.84 Å². The van der Waals surface area contributed by atoms with Gasteiger partial charge >= 0.3 is 12.1 Å². The Balaban J connectivity index is 1.94. The number of hydrogen-bond donors (Lipinski definition) is 2. The van der Waals surface area contributed by atoms with Gasteiger partial charge in [-0.2, -0.15) is 0 Å². The van der Waals surface area contributed by atoms with Crippen LogP contribution in [0.2, 0.25) is 0 Å². The highest BCUT2D eigenvalue weighted by Crippen LogP contribution is 2.08. The highest BCUT2D eigenvalue weighted by Gasteiger charge is 2.32. The van der Waals surface area contributed by atoms with Crippen molar-refractivity contribution >= 4 is 27.8 Å². The van der Waals surface area contributed by atoms with Crippen molar-refractivity contribution in [3.63, 3.8) is 0 Å². The molecule has 1 unspecified atom stereocenters. The van der Waals surface area contributed by atoms with Gasteiger partial charge in [-0.25, -0.2) is 13.2 Å². The summed E-state index contributed by atoms with van der Waals surface area (Å²) in [7, 11) is -3.18. The third-order valence-electron chi connectivity index (χ3n) is 3.84. The van der Waals surface area contributed by atoms with Crippen LogP contribution in [0.25, 0.3) is 0 Å². The van der Waals surface area contributed by atoms with E-state index in [1.807, 2.05) is 6.07 Å². The van der Waals surface area contributed by atoms with Crippen molar-refractivity contribution in [1.82, 2.24) is 10.2 Å². The van der Waals surface area contributed by atoms with Gasteiger partial charge in [0.1, 0.15) is 12.6 Å². The van der Waals surface area contributed by atoms with Crippen LogP contribution in [0, 0.1) is 0 Å². The molecule has 0 spiro atoms. The van der Waals surface area contributed by atoms with Gasteiger partial charge in [-0.1, -0.05) is 30.3 Å². The quantitative estimate of drug-likeness (QED) is 0.707. The molecule has 26 heavy (non-hydrogen) atoms. The Morgan fingerprint density at radius 2 is 1.77 bits per heavy atom. The fourth-order valence-electron chi connectivity index (χ4n) is 2.43. The maximum absolute atomic E-state index is 12.5. The maximum Gasteiger partial charge on any atom is 0.408 e. The molecule has 2 amide bonds. The minimum absolute atomic E-state index is 0.0252. The van der Waals surface area contributed by atoms with Gasteiger partial charge in [0.2, 0.25) is 5.91 Å². The molecule has 2 rings (SSSR count). The molecule has 9 nitrogen and oxygen atoms in total. The van der Waals surface area contributed by atoms with Gasteiger partial charge in [-0.15, -0.1) is 0 Å². The Bertz CT molecular complexity index is 750. The van der Waals surface area contributed by atoms with Crippen LogP contribution in [0.4, 0.5) is 4.79 Å². The van der Waals surface area contributed by atoms with Crippen LogP contribution in [0.3, 0.4) is 0 Å². The molecule has 1 aromatic rings. The van der Waals surface area contributed by atoms with Gasteiger partial charge < -0.3 is 20.1 Å². The Hall–Kier alpha value is -2.62. The van der Waals surface area contributed by atoms with Gasteiger partial charge in [0, 0.05) is 13.1 Å². The lowest BCUT2D eigenvalue weighted by atomic mass is 10.2. The number of carbonyl (C=O) groups is 3. The van der Waals surface area contributed by atoms with Crippen LogP contribution in [-0.4, -0.2) is 67.0 Å². The summed E-state index contributed by atoms with van der Waals surface area (Å²) < 4.78 is 27.9. The van der Waals surface area contributed by atoms with E-state index in [-0.39, 0.29) is 31.2 Å². The molecule has 142 valence electrons. The van der Waals surface area contributed by atoms with Crippen molar-refractivity contribution in [2.75, 3.05) is 24.6 Å². The van der Waals surface area contributed by atoms with Crippen molar-refractivity contribution in [3.8, 4) is 0 Å². The van der Waals surface area contributed by atoms with Crippen LogP contribution in [-0.2, 0) is 30.8 Å². The summed E-state index contributed by atoms with van der Waals surface area (Å²) in [6.45, 7) is -0.0847. The smallest absolute Gasteiger partial charge is 0.408 e. The Morgan fingerprint density at radius 3 is 2.35 bits per heavy atom. The molecule has 2 N–H and O–H groups in total. The van der Waals surface area contributed by atoms with Crippen LogP contribution >= 0.6 is 0 Å². The first-order valence-corrected chi connectivity index (χ1v) is 9.77. The average molecular weight is 384 g/mol. The number of carboxylic acids is 1. The van der Waals surface area contributed by atoms with Gasteiger partial charge in [-0.3, -0.25) is 9.59 Å². The summed E-state index contributed by atoms with van der Waals surface area (Å²) in [6, 6.07) is 7.54. The third-order valence-corrected chi connectivity index (χ3v) is 5.45. The van der Waals surface area contributed by atoms with E-state index in [0.717, 1.165) is 5.56 Å². The largest absolute Gasteiger partial charge is 0.481 e. The zero-order valence-electron chi connectivity index (χ0n) is 14.0. The van der Waals surface area contributed by atoms with Gasteiger partial charge in [-0.05, 0) is 5.56 Å². The number of carbonyl (C=O) groups excluding carboxylic acids is 2. The number of rotatable bonds is 6. The van der Waals surface area contributed by atoms with Crippen molar-refractivity contribution in [1.29, 1.82) is 0 Å². The lowest BCUT2D eigenvalue weighted by Crippen LogP contribution is -2.53. The Labute approximate surface area is 150 Å². The van der Waals surface area contributed by atoms with Crippen molar-refractivity contribution in [2.24, 2.45) is 0 Å². The second-order valence-electron chi connectivity index (χ2n) is 5.83. The molecule has 1 atom stereocenters. The minimum Gasteiger partial charge on any atom is -0.481 e. The van der Waals surface area contributed by atoms with E-state index in [9.17, 15) is 22.8 Å².